The Balaban J connectivity index is 1.72. The van der Waals surface area contributed by atoms with Crippen LogP contribution in [0.5, 0.6) is 0 Å². The van der Waals surface area contributed by atoms with Crippen LogP contribution in [0.15, 0.2) is 47.4 Å². The molecule has 2 aromatic rings. The highest BCUT2D eigenvalue weighted by atomic mass is 32.2. The number of hydrogen-bond donors (Lipinski definition) is 2. The van der Waals surface area contributed by atoms with Gasteiger partial charge < -0.3 is 15.0 Å². The minimum absolute atomic E-state index is 0.0250. The Hall–Kier alpha value is -2.91. The van der Waals surface area contributed by atoms with Gasteiger partial charge in [-0.1, -0.05) is 6.07 Å². The third-order valence-electron chi connectivity index (χ3n) is 4.52. The fraction of sp³-hybridized carbons (Fsp3) is 0.263. The topological polar surface area (TPSA) is 119 Å². The van der Waals surface area contributed by atoms with Gasteiger partial charge >= 0.3 is 5.97 Å². The lowest BCUT2D eigenvalue weighted by Crippen LogP contribution is -2.37. The second kappa shape index (κ2) is 7.99. The monoisotopic (exact) mass is 403 g/mol. The molecule has 0 spiro atoms. The largest absolute Gasteiger partial charge is 0.465 e. The number of hydrogen-bond acceptors (Lipinski definition) is 6. The lowest BCUT2D eigenvalue weighted by molar-refractivity contribution is -0.115. The molecule has 0 saturated carbocycles. The number of sulfonamides is 1. The van der Waals surface area contributed by atoms with Crippen molar-refractivity contribution < 1.29 is 22.7 Å². The number of amides is 1. The minimum Gasteiger partial charge on any atom is -0.465 e. The number of aryl methyl sites for hydroxylation is 1. The van der Waals surface area contributed by atoms with Gasteiger partial charge in [-0.25, -0.2) is 18.4 Å². The number of methoxy groups -OCH3 is 1. The summed E-state index contributed by atoms with van der Waals surface area (Å²) in [6, 6.07) is 11.1. The van der Waals surface area contributed by atoms with Gasteiger partial charge in [-0.05, 0) is 54.8 Å². The zero-order valence-electron chi connectivity index (χ0n) is 15.3. The molecular weight excluding hydrogens is 382 g/mol. The molecule has 1 heterocycles. The van der Waals surface area contributed by atoms with Crippen LogP contribution in [0.3, 0.4) is 0 Å². The van der Waals surface area contributed by atoms with E-state index in [4.69, 9.17) is 5.14 Å². The van der Waals surface area contributed by atoms with Crippen LogP contribution in [0.2, 0.25) is 0 Å². The van der Waals surface area contributed by atoms with E-state index in [9.17, 15) is 18.0 Å². The third kappa shape index (κ3) is 4.49. The smallest absolute Gasteiger partial charge is 0.337 e. The van der Waals surface area contributed by atoms with Crippen LogP contribution in [0.25, 0.3) is 0 Å². The van der Waals surface area contributed by atoms with Crippen molar-refractivity contribution in [3.05, 3.63) is 53.6 Å². The summed E-state index contributed by atoms with van der Waals surface area (Å²) in [5.74, 6) is -0.701. The van der Waals surface area contributed by atoms with Crippen molar-refractivity contribution in [2.24, 2.45) is 5.14 Å². The van der Waals surface area contributed by atoms with E-state index in [1.165, 1.54) is 19.2 Å². The molecule has 8 nitrogen and oxygen atoms in total. The summed E-state index contributed by atoms with van der Waals surface area (Å²) in [7, 11) is -2.51. The van der Waals surface area contributed by atoms with Crippen LogP contribution in [-0.4, -0.2) is 40.5 Å². The predicted octanol–water partition coefficient (Wildman–Crippen LogP) is 1.51. The Bertz CT molecular complexity index is 1000. The van der Waals surface area contributed by atoms with Crippen LogP contribution in [0, 0.1) is 0 Å². The number of nitrogens with zero attached hydrogens (tertiary/aromatic N) is 1. The van der Waals surface area contributed by atoms with Gasteiger partial charge in [0.15, 0.2) is 0 Å². The standard InChI is InChI=1S/C19H21N3O5S/c1-27-19(24)14-4-7-15(8-5-14)21-18(23)12-22-10-2-3-13-6-9-16(11-17(13)22)28(20,25)26/h4-9,11H,2-3,10,12H2,1H3,(H,21,23)(H2,20,25,26). The lowest BCUT2D eigenvalue weighted by Gasteiger charge is -2.31. The molecule has 1 aliphatic heterocycles. The number of nitrogens with two attached hydrogens (primary N) is 1. The molecule has 28 heavy (non-hydrogen) atoms. The molecule has 0 aromatic heterocycles. The molecule has 1 aliphatic rings. The summed E-state index contributed by atoms with van der Waals surface area (Å²) in [5.41, 5.74) is 2.62. The minimum atomic E-state index is -3.82. The maximum absolute atomic E-state index is 12.5. The molecule has 0 atom stereocenters. The van der Waals surface area contributed by atoms with Gasteiger partial charge in [-0.2, -0.15) is 0 Å². The molecule has 9 heteroatoms. The average molecular weight is 403 g/mol. The molecular formula is C19H21N3O5S. The Morgan fingerprint density at radius 3 is 2.54 bits per heavy atom. The van der Waals surface area contributed by atoms with E-state index in [0.29, 0.717) is 23.5 Å². The van der Waals surface area contributed by atoms with E-state index in [-0.39, 0.29) is 17.3 Å². The molecule has 148 valence electrons. The maximum Gasteiger partial charge on any atom is 0.337 e. The summed E-state index contributed by atoms with van der Waals surface area (Å²) in [5, 5.41) is 8.00. The highest BCUT2D eigenvalue weighted by Crippen LogP contribution is 2.29. The van der Waals surface area contributed by atoms with Gasteiger partial charge in [0, 0.05) is 17.9 Å². The van der Waals surface area contributed by atoms with Crippen LogP contribution in [0.4, 0.5) is 11.4 Å². The van der Waals surface area contributed by atoms with E-state index in [2.05, 4.69) is 10.1 Å². The summed E-state index contributed by atoms with van der Waals surface area (Å²) in [6.45, 7) is 0.704. The first-order valence-electron chi connectivity index (χ1n) is 8.67. The Labute approximate surface area is 163 Å². The van der Waals surface area contributed by atoms with Crippen molar-refractivity contribution in [3.8, 4) is 0 Å². The van der Waals surface area contributed by atoms with Crippen molar-refractivity contribution >= 4 is 33.3 Å². The van der Waals surface area contributed by atoms with Crippen molar-refractivity contribution in [1.82, 2.24) is 0 Å². The van der Waals surface area contributed by atoms with E-state index in [0.717, 1.165) is 18.4 Å². The molecule has 0 fully saturated rings. The van der Waals surface area contributed by atoms with Crippen molar-refractivity contribution in [2.75, 3.05) is 30.4 Å². The van der Waals surface area contributed by atoms with Crippen LogP contribution in [0.1, 0.15) is 22.3 Å². The first-order chi connectivity index (χ1) is 13.3. The second-order valence-electron chi connectivity index (χ2n) is 6.48. The molecule has 0 radical (unpaired) electrons. The van der Waals surface area contributed by atoms with E-state index in [1.807, 2.05) is 4.90 Å². The van der Waals surface area contributed by atoms with Gasteiger partial charge in [0.05, 0.1) is 24.1 Å². The normalized spacial score (nSPS) is 13.6. The highest BCUT2D eigenvalue weighted by molar-refractivity contribution is 7.89. The van der Waals surface area contributed by atoms with E-state index in [1.54, 1.807) is 30.3 Å². The number of carbonyl (C=O) groups is 2. The molecule has 3 N–H and O–H groups in total. The number of anilines is 2. The van der Waals surface area contributed by atoms with Crippen LogP contribution >= 0.6 is 0 Å². The predicted molar refractivity (Wildman–Crippen MR) is 105 cm³/mol. The van der Waals surface area contributed by atoms with Crippen molar-refractivity contribution in [1.29, 1.82) is 0 Å². The van der Waals surface area contributed by atoms with Gasteiger partial charge in [0.2, 0.25) is 15.9 Å². The molecule has 0 saturated heterocycles. The van der Waals surface area contributed by atoms with Crippen molar-refractivity contribution in [2.45, 2.75) is 17.7 Å². The molecule has 2 aromatic carbocycles. The number of esters is 1. The zero-order valence-corrected chi connectivity index (χ0v) is 16.2. The third-order valence-corrected chi connectivity index (χ3v) is 5.44. The molecule has 3 rings (SSSR count). The first-order valence-corrected chi connectivity index (χ1v) is 10.2. The van der Waals surface area contributed by atoms with Gasteiger partial charge in [0.25, 0.3) is 0 Å². The number of ether oxygens (including phenoxy) is 1. The van der Waals surface area contributed by atoms with Gasteiger partial charge in [0.1, 0.15) is 0 Å². The highest BCUT2D eigenvalue weighted by Gasteiger charge is 2.21. The van der Waals surface area contributed by atoms with E-state index >= 15 is 0 Å². The summed E-state index contributed by atoms with van der Waals surface area (Å²) < 4.78 is 27.9. The Morgan fingerprint density at radius 1 is 1.18 bits per heavy atom. The first kappa shape index (κ1) is 19.8. The van der Waals surface area contributed by atoms with Crippen molar-refractivity contribution in [3.63, 3.8) is 0 Å². The molecule has 0 bridgehead atoms. The maximum atomic E-state index is 12.5. The fourth-order valence-corrected chi connectivity index (χ4v) is 3.69. The lowest BCUT2D eigenvalue weighted by atomic mass is 10.0. The summed E-state index contributed by atoms with van der Waals surface area (Å²) in [4.78, 5) is 25.8. The number of benzene rings is 2. The number of carbonyl (C=O) groups excluding carboxylic acids is 2. The molecule has 0 unspecified atom stereocenters. The Kier molecular flexibility index (Phi) is 5.66. The number of fused-ring (bicyclic) bond motifs is 1. The van der Waals surface area contributed by atoms with Gasteiger partial charge in [-0.15, -0.1) is 0 Å². The molecule has 1 amide bonds. The van der Waals surface area contributed by atoms with Crippen LogP contribution in [-0.2, 0) is 26.0 Å². The summed E-state index contributed by atoms with van der Waals surface area (Å²) in [6.07, 6.45) is 1.68. The number of primary sulfonamides is 1. The zero-order chi connectivity index (χ0) is 20.3. The fourth-order valence-electron chi connectivity index (χ4n) is 3.15. The quantitative estimate of drug-likeness (QED) is 0.731. The molecule has 0 aliphatic carbocycles. The summed E-state index contributed by atoms with van der Waals surface area (Å²) >= 11 is 0. The second-order valence-corrected chi connectivity index (χ2v) is 8.04. The average Bonchev–Trinajstić information content (AvgIpc) is 2.67. The number of nitrogens with one attached hydrogen (secondary N) is 1. The van der Waals surface area contributed by atoms with Gasteiger partial charge in [-0.3, -0.25) is 4.79 Å². The Morgan fingerprint density at radius 2 is 1.89 bits per heavy atom. The SMILES string of the molecule is COC(=O)c1ccc(NC(=O)CN2CCCc3ccc(S(N)(=O)=O)cc32)cc1. The number of rotatable bonds is 5. The van der Waals surface area contributed by atoms with Crippen LogP contribution < -0.4 is 15.4 Å². The van der Waals surface area contributed by atoms with E-state index < -0.39 is 16.0 Å².